The maximum absolute atomic E-state index is 12.3. The van der Waals surface area contributed by atoms with E-state index >= 15 is 0 Å². The van der Waals surface area contributed by atoms with Crippen LogP contribution in [0.3, 0.4) is 0 Å². The number of hydrogen-bond acceptors (Lipinski definition) is 5. The Morgan fingerprint density at radius 2 is 1.32 bits per heavy atom. The van der Waals surface area contributed by atoms with Crippen LogP contribution in [-0.4, -0.2) is 26.3 Å². The molecule has 0 bridgehead atoms. The first-order valence-electron chi connectivity index (χ1n) is 8.49. The zero-order valence-corrected chi connectivity index (χ0v) is 16.7. The van der Waals surface area contributed by atoms with E-state index in [4.69, 9.17) is 0 Å². The lowest BCUT2D eigenvalue weighted by Gasteiger charge is -2.06. The van der Waals surface area contributed by atoms with Crippen molar-refractivity contribution in [3.63, 3.8) is 0 Å². The van der Waals surface area contributed by atoms with Crippen molar-refractivity contribution in [2.45, 2.75) is 0 Å². The van der Waals surface area contributed by atoms with Crippen molar-refractivity contribution in [1.29, 1.82) is 0 Å². The number of anilines is 1. The molecular weight excluding hydrogens is 462 g/mol. The van der Waals surface area contributed by atoms with Crippen LogP contribution in [-0.2, 0) is 0 Å². The highest BCUT2D eigenvalue weighted by Crippen LogP contribution is 2.19. The van der Waals surface area contributed by atoms with E-state index in [0.717, 1.165) is 14.7 Å². The average molecular weight is 476 g/mol. The zero-order chi connectivity index (χ0) is 19.3. The molecule has 0 radical (unpaired) electrons. The molecule has 6 nitrogen and oxygen atoms in total. The summed E-state index contributed by atoms with van der Waals surface area (Å²) in [6.07, 6.45) is 0. The lowest BCUT2D eigenvalue weighted by molar-refractivity contribution is 0.102. The number of hydrogen-bond donors (Lipinski definition) is 1. The van der Waals surface area contributed by atoms with Crippen LogP contribution in [0.2, 0.25) is 0 Å². The quantitative estimate of drug-likeness (QED) is 0.440. The first-order chi connectivity index (χ1) is 13.7. The van der Waals surface area contributed by atoms with Crippen molar-refractivity contribution in [3.05, 3.63) is 88.0 Å². The largest absolute Gasteiger partial charge is 0.322 e. The van der Waals surface area contributed by atoms with E-state index in [-0.39, 0.29) is 5.91 Å². The van der Waals surface area contributed by atoms with E-state index in [1.165, 1.54) is 0 Å². The van der Waals surface area contributed by atoms with Crippen molar-refractivity contribution in [3.8, 4) is 22.8 Å². The Balaban J connectivity index is 1.48. The molecule has 1 heterocycles. The third-order valence-corrected chi connectivity index (χ3v) is 4.67. The molecule has 0 aliphatic rings. The number of nitrogens with zero attached hydrogens (tertiary/aromatic N) is 4. The van der Waals surface area contributed by atoms with Crippen molar-refractivity contribution in [2.75, 3.05) is 5.32 Å². The van der Waals surface area contributed by atoms with E-state index in [2.05, 4.69) is 48.3 Å². The number of carbonyl (C=O) groups is 1. The molecule has 136 valence electrons. The predicted octanol–water partition coefficient (Wildman–Crippen LogP) is 4.46. The fourth-order valence-electron chi connectivity index (χ4n) is 2.58. The highest BCUT2D eigenvalue weighted by Gasteiger charge is 2.09. The molecule has 0 aliphatic carbocycles. The first-order valence-corrected chi connectivity index (χ1v) is 9.57. The summed E-state index contributed by atoms with van der Waals surface area (Å²) in [5, 5.41) is 19.5. The van der Waals surface area contributed by atoms with Crippen molar-refractivity contribution < 1.29 is 4.79 Å². The minimum atomic E-state index is -0.155. The van der Waals surface area contributed by atoms with E-state index in [1.807, 2.05) is 60.7 Å². The minimum Gasteiger partial charge on any atom is -0.322 e. The molecule has 0 saturated heterocycles. The molecule has 0 atom stereocenters. The highest BCUT2D eigenvalue weighted by atomic mass is 124. The first kappa shape index (κ1) is 18.2. The van der Waals surface area contributed by atoms with Crippen LogP contribution in [0.4, 0.5) is 5.69 Å². The number of amides is 1. The molecule has 0 fully saturated rings. The van der Waals surface area contributed by atoms with Gasteiger partial charge in [-0.2, -0.15) is 0 Å². The van der Waals surface area contributed by atoms with Crippen LogP contribution >= 0.6 is 22.6 Å². The number of carbonyl (C=O) groups excluding carboxylic acids is 1. The summed E-state index contributed by atoms with van der Waals surface area (Å²) < 4.78 is 1.01. The monoisotopic (exact) mass is 476 g/mol. The molecule has 1 N–H and O–H groups in total. The highest BCUT2D eigenvalue weighted by molar-refractivity contribution is 14.1. The van der Waals surface area contributed by atoms with Gasteiger partial charge in [-0.1, -0.05) is 36.4 Å². The molecule has 3 aromatic carbocycles. The van der Waals surface area contributed by atoms with Crippen LogP contribution in [0.25, 0.3) is 22.8 Å². The summed E-state index contributed by atoms with van der Waals surface area (Å²) in [5.41, 5.74) is 2.94. The SMILES string of the molecule is O=C(Nc1ccc(-c2nnc(-c3ccccc3)nn2)cc1)c1cccc([124I])c1. The second kappa shape index (κ2) is 8.22. The Labute approximate surface area is 175 Å². The summed E-state index contributed by atoms with van der Waals surface area (Å²) in [4.78, 5) is 12.3. The molecule has 0 unspecified atom stereocenters. The Bertz CT molecular complexity index is 1100. The molecule has 0 saturated carbocycles. The Morgan fingerprint density at radius 3 is 1.93 bits per heavy atom. The van der Waals surface area contributed by atoms with E-state index in [0.29, 0.717) is 22.9 Å². The maximum Gasteiger partial charge on any atom is 0.255 e. The zero-order valence-electron chi connectivity index (χ0n) is 14.6. The van der Waals surface area contributed by atoms with E-state index < -0.39 is 0 Å². The Kier molecular flexibility index (Phi) is 5.34. The number of rotatable bonds is 4. The fraction of sp³-hybridized carbons (Fsp3) is 0. The Morgan fingerprint density at radius 1 is 0.714 bits per heavy atom. The molecule has 1 amide bonds. The van der Waals surface area contributed by atoms with Crippen LogP contribution in [0.1, 0.15) is 10.4 Å². The third kappa shape index (κ3) is 4.20. The van der Waals surface area contributed by atoms with E-state index in [9.17, 15) is 4.79 Å². The van der Waals surface area contributed by atoms with Crippen molar-refractivity contribution >= 4 is 34.2 Å². The summed E-state index contributed by atoms with van der Waals surface area (Å²) >= 11 is 2.18. The van der Waals surface area contributed by atoms with Crippen LogP contribution in [0.5, 0.6) is 0 Å². The van der Waals surface area contributed by atoms with Crippen molar-refractivity contribution in [2.24, 2.45) is 0 Å². The fourth-order valence-corrected chi connectivity index (χ4v) is 3.13. The van der Waals surface area contributed by atoms with Gasteiger partial charge in [0.25, 0.3) is 5.91 Å². The van der Waals surface area contributed by atoms with Gasteiger partial charge >= 0.3 is 0 Å². The summed E-state index contributed by atoms with van der Waals surface area (Å²) in [6, 6.07) is 24.2. The van der Waals surface area contributed by atoms with Gasteiger partial charge in [-0.15, -0.1) is 20.4 Å². The van der Waals surface area contributed by atoms with Gasteiger partial charge in [0.1, 0.15) is 0 Å². The van der Waals surface area contributed by atoms with Gasteiger partial charge in [-0.25, -0.2) is 0 Å². The summed E-state index contributed by atoms with van der Waals surface area (Å²) in [5.74, 6) is 0.749. The molecule has 4 aromatic rings. The normalized spacial score (nSPS) is 10.5. The third-order valence-electron chi connectivity index (χ3n) is 4.00. The number of benzene rings is 3. The lowest BCUT2D eigenvalue weighted by atomic mass is 10.1. The minimum absolute atomic E-state index is 0.155. The molecule has 1 aromatic heterocycles. The van der Waals surface area contributed by atoms with Crippen LogP contribution in [0, 0.1) is 3.57 Å². The number of aromatic nitrogens is 4. The standard InChI is InChI=1S/C21H14IN5O/c22-17-8-4-7-16(13-17)21(28)23-18-11-9-15(10-12-18)20-26-24-19(25-27-20)14-5-2-1-3-6-14/h1-13H,(H,23,28)/i22-3. The van der Waals surface area contributed by atoms with Gasteiger partial charge in [-0.3, -0.25) is 4.79 Å². The molecule has 0 aliphatic heterocycles. The van der Waals surface area contributed by atoms with E-state index in [1.54, 1.807) is 18.2 Å². The van der Waals surface area contributed by atoms with Gasteiger partial charge in [0.15, 0.2) is 0 Å². The molecule has 0 spiro atoms. The Hall–Kier alpha value is -3.20. The summed E-state index contributed by atoms with van der Waals surface area (Å²) in [6.45, 7) is 0. The van der Waals surface area contributed by atoms with Gasteiger partial charge in [0.2, 0.25) is 11.6 Å². The maximum atomic E-state index is 12.3. The summed E-state index contributed by atoms with van der Waals surface area (Å²) in [7, 11) is 0. The molecular formula is C21H14IN5O. The second-order valence-electron chi connectivity index (χ2n) is 5.96. The topological polar surface area (TPSA) is 80.7 Å². The molecule has 7 heteroatoms. The smallest absolute Gasteiger partial charge is 0.255 e. The van der Waals surface area contributed by atoms with Crippen LogP contribution < -0.4 is 5.32 Å². The second-order valence-corrected chi connectivity index (χ2v) is 7.20. The van der Waals surface area contributed by atoms with Crippen LogP contribution in [0.15, 0.2) is 78.9 Å². The van der Waals surface area contributed by atoms with Gasteiger partial charge in [0.05, 0.1) is 0 Å². The van der Waals surface area contributed by atoms with Gasteiger partial charge < -0.3 is 5.32 Å². The molecule has 4 rings (SSSR count). The predicted molar refractivity (Wildman–Crippen MR) is 116 cm³/mol. The number of halogens is 1. The lowest BCUT2D eigenvalue weighted by Crippen LogP contribution is -2.11. The van der Waals surface area contributed by atoms with Crippen molar-refractivity contribution in [1.82, 2.24) is 20.4 Å². The van der Waals surface area contributed by atoms with Gasteiger partial charge in [0, 0.05) is 25.9 Å². The molecule has 28 heavy (non-hydrogen) atoms. The number of nitrogens with one attached hydrogen (secondary N) is 1. The van der Waals surface area contributed by atoms with Gasteiger partial charge in [-0.05, 0) is 65.1 Å². The average Bonchev–Trinajstić information content (AvgIpc) is 2.75.